The van der Waals surface area contributed by atoms with Gasteiger partial charge in [-0.25, -0.2) is 4.79 Å². The predicted octanol–water partition coefficient (Wildman–Crippen LogP) is 3.71. The Hall–Kier alpha value is -3.25. The van der Waals surface area contributed by atoms with Crippen LogP contribution in [0.2, 0.25) is 0 Å². The fourth-order valence-corrected chi connectivity index (χ4v) is 7.19. The summed E-state index contributed by atoms with van der Waals surface area (Å²) in [6.07, 6.45) is 9.97. The second kappa shape index (κ2) is 18.3. The molecule has 3 fully saturated rings. The van der Waals surface area contributed by atoms with Gasteiger partial charge in [-0.1, -0.05) is 72.5 Å². The highest BCUT2D eigenvalue weighted by atomic mass is 16.5. The van der Waals surface area contributed by atoms with Gasteiger partial charge >= 0.3 is 6.03 Å². The van der Waals surface area contributed by atoms with Crippen LogP contribution in [0.3, 0.4) is 0 Å². The summed E-state index contributed by atoms with van der Waals surface area (Å²) >= 11 is 0. The van der Waals surface area contributed by atoms with Crippen LogP contribution in [0.15, 0.2) is 25.3 Å². The molecular weight excluding hydrogens is 636 g/mol. The minimum Gasteiger partial charge on any atom is -0.379 e. The number of urea groups is 1. The van der Waals surface area contributed by atoms with E-state index in [0.29, 0.717) is 58.5 Å². The second-order valence-corrected chi connectivity index (χ2v) is 16.4. The number of piperidine rings is 1. The minimum atomic E-state index is -1.08. The molecule has 0 unspecified atom stereocenters. The molecule has 3 aliphatic heterocycles. The lowest BCUT2D eigenvalue weighted by atomic mass is 9.81. The maximum absolute atomic E-state index is 14.2. The van der Waals surface area contributed by atoms with Crippen molar-refractivity contribution in [3.05, 3.63) is 25.3 Å². The van der Waals surface area contributed by atoms with Crippen LogP contribution in [0.5, 0.6) is 0 Å². The summed E-state index contributed by atoms with van der Waals surface area (Å²) in [5.41, 5.74) is -1.43. The summed E-state index contributed by atoms with van der Waals surface area (Å²) in [5, 5.41) is 11.8. The number of ketones is 1. The molecule has 0 saturated carbocycles. The summed E-state index contributed by atoms with van der Waals surface area (Å²) in [6.45, 7) is 22.7. The van der Waals surface area contributed by atoms with Crippen molar-refractivity contribution in [2.24, 2.45) is 16.7 Å². The molecule has 0 radical (unpaired) electrons. The van der Waals surface area contributed by atoms with E-state index >= 15 is 0 Å². The quantitative estimate of drug-likeness (QED) is 0.212. The van der Waals surface area contributed by atoms with Crippen molar-refractivity contribution in [3.8, 4) is 0 Å². The van der Waals surface area contributed by atoms with Gasteiger partial charge in [0.1, 0.15) is 5.54 Å². The first-order chi connectivity index (χ1) is 23.5. The molecule has 0 aromatic heterocycles. The van der Waals surface area contributed by atoms with E-state index in [2.05, 4.69) is 69.0 Å². The van der Waals surface area contributed by atoms with Gasteiger partial charge in [-0.15, -0.1) is 13.2 Å². The van der Waals surface area contributed by atoms with E-state index < -0.39 is 29.3 Å². The zero-order valence-electron chi connectivity index (χ0n) is 31.5. The third-order valence-corrected chi connectivity index (χ3v) is 10.8. The molecular formula is C38H64N6O6. The predicted molar refractivity (Wildman–Crippen MR) is 195 cm³/mol. The fourth-order valence-electron chi connectivity index (χ4n) is 7.19. The number of hydrogen-bond acceptors (Lipinski definition) is 7. The smallest absolute Gasteiger partial charge is 0.315 e. The number of nitrogens with one attached hydrogen (secondary N) is 4. The summed E-state index contributed by atoms with van der Waals surface area (Å²) in [4.78, 5) is 70.7. The Balaban J connectivity index is 1.81. The van der Waals surface area contributed by atoms with E-state index in [0.717, 1.165) is 32.1 Å². The maximum Gasteiger partial charge on any atom is 0.315 e. The summed E-state index contributed by atoms with van der Waals surface area (Å²) < 4.78 is 6.10. The lowest BCUT2D eigenvalue weighted by molar-refractivity contribution is -0.142. The molecule has 3 saturated heterocycles. The van der Waals surface area contributed by atoms with E-state index in [1.807, 2.05) is 16.7 Å². The van der Waals surface area contributed by atoms with Crippen molar-refractivity contribution >= 4 is 29.5 Å². The molecule has 12 nitrogen and oxygen atoms in total. The van der Waals surface area contributed by atoms with Crippen molar-refractivity contribution in [3.63, 3.8) is 0 Å². The van der Waals surface area contributed by atoms with E-state index in [9.17, 15) is 24.0 Å². The molecule has 0 spiro atoms. The van der Waals surface area contributed by atoms with E-state index in [1.165, 1.54) is 6.08 Å². The van der Waals surface area contributed by atoms with Gasteiger partial charge in [0.15, 0.2) is 0 Å². The van der Waals surface area contributed by atoms with Crippen molar-refractivity contribution in [2.45, 2.75) is 123 Å². The molecule has 3 aliphatic rings. The molecule has 12 heteroatoms. The third-order valence-electron chi connectivity index (χ3n) is 10.8. The van der Waals surface area contributed by atoms with Crippen molar-refractivity contribution in [2.75, 3.05) is 45.9 Å². The Morgan fingerprint density at radius 3 is 2.40 bits per heavy atom. The van der Waals surface area contributed by atoms with Gasteiger partial charge in [-0.3, -0.25) is 24.1 Å². The zero-order valence-corrected chi connectivity index (χ0v) is 31.5. The molecule has 0 aliphatic carbocycles. The second-order valence-electron chi connectivity index (χ2n) is 16.4. The van der Waals surface area contributed by atoms with Crippen LogP contribution in [-0.4, -0.2) is 109 Å². The third kappa shape index (κ3) is 11.4. The number of hydrogen-bond donors (Lipinski definition) is 4. The number of carbonyl (C=O) groups is 5. The van der Waals surface area contributed by atoms with E-state index in [1.54, 1.807) is 6.08 Å². The highest BCUT2D eigenvalue weighted by molar-refractivity contribution is 6.38. The normalized spacial score (nSPS) is 28.0. The van der Waals surface area contributed by atoms with Gasteiger partial charge in [0.25, 0.3) is 5.91 Å². The SMILES string of the molecule is C=CCNC(=O)C(=O)[C@@H]1CCCCCCCOC[C@H](NC(=O)N[C@H](CN2CCC(C)(C)CC2=O)C(C)(C)C)CN2CC[C@H](C=C)[C@]2(C)C(=O)N1. The van der Waals surface area contributed by atoms with Gasteiger partial charge in [0.2, 0.25) is 17.6 Å². The Morgan fingerprint density at radius 2 is 1.74 bits per heavy atom. The van der Waals surface area contributed by atoms with E-state index in [4.69, 9.17) is 4.74 Å². The first-order valence-corrected chi connectivity index (χ1v) is 18.6. The number of carbonyl (C=O) groups excluding carboxylic acids is 5. The van der Waals surface area contributed by atoms with Gasteiger partial charge in [-0.05, 0) is 50.0 Å². The lowest BCUT2D eigenvalue weighted by Gasteiger charge is -2.41. The fraction of sp³-hybridized carbons (Fsp3) is 0.763. The van der Waals surface area contributed by atoms with Gasteiger partial charge < -0.3 is 30.9 Å². The molecule has 5 amide bonds. The minimum absolute atomic E-state index is 0.0259. The average Bonchev–Trinajstić information content (AvgIpc) is 3.36. The van der Waals surface area contributed by atoms with Crippen LogP contribution in [-0.2, 0) is 23.9 Å². The average molecular weight is 701 g/mol. The summed E-state index contributed by atoms with van der Waals surface area (Å²) in [7, 11) is 0. The van der Waals surface area contributed by atoms with Crippen LogP contribution < -0.4 is 21.3 Å². The monoisotopic (exact) mass is 700 g/mol. The number of rotatable bonds is 9. The Bertz CT molecular complexity index is 1230. The van der Waals surface area contributed by atoms with Crippen LogP contribution >= 0.6 is 0 Å². The summed E-state index contributed by atoms with van der Waals surface area (Å²) in [6, 6.07) is -2.08. The number of likely N-dealkylation sites (tertiary alicyclic amines) is 1. The van der Waals surface area contributed by atoms with Crippen molar-refractivity contribution in [1.29, 1.82) is 0 Å². The standard InChI is InChI=1S/C38H64N6O6/c1-9-19-39-33(47)32(46)29-16-14-12-11-13-15-22-50-26-28(24-44-20-17-27(10-2)38(44,8)34(48)41-29)40-35(49)42-30(36(3,4)5)25-43-21-18-37(6,7)23-31(43)45/h9-10,27-30H,1-2,11-26H2,3-8H3,(H,39,47)(H,41,48)(H2,40,42,49)/t27-,28+,29-,30+,38+/m0/s1. The summed E-state index contributed by atoms with van der Waals surface area (Å²) in [5.74, 6) is -1.88. The van der Waals surface area contributed by atoms with Gasteiger partial charge in [0.05, 0.1) is 24.7 Å². The molecule has 0 bridgehead atoms. The molecule has 50 heavy (non-hydrogen) atoms. The maximum atomic E-state index is 14.2. The lowest BCUT2D eigenvalue weighted by Crippen LogP contribution is -2.63. The molecule has 3 rings (SSSR count). The molecule has 5 atom stereocenters. The zero-order chi connectivity index (χ0) is 37.1. The van der Waals surface area contributed by atoms with E-state index in [-0.39, 0.29) is 53.8 Å². The molecule has 3 heterocycles. The Kier molecular flexibility index (Phi) is 15.1. The first-order valence-electron chi connectivity index (χ1n) is 18.6. The van der Waals surface area contributed by atoms with Crippen LogP contribution in [0.4, 0.5) is 4.79 Å². The van der Waals surface area contributed by atoms with Gasteiger partial charge in [0, 0.05) is 45.1 Å². The highest BCUT2D eigenvalue weighted by Gasteiger charge is 2.51. The van der Waals surface area contributed by atoms with Crippen LogP contribution in [0, 0.1) is 16.7 Å². The number of amides is 5. The Labute approximate surface area is 299 Å². The highest BCUT2D eigenvalue weighted by Crippen LogP contribution is 2.37. The number of Topliss-reactive ketones (excluding diaryl/α,β-unsaturated/α-hetero) is 1. The number of ether oxygens (including phenoxy) is 1. The molecule has 282 valence electrons. The first kappa shape index (κ1) is 41.2. The number of fused-ring (bicyclic) bond motifs is 1. The topological polar surface area (TPSA) is 149 Å². The Morgan fingerprint density at radius 1 is 1.04 bits per heavy atom. The molecule has 4 N–H and O–H groups in total. The van der Waals surface area contributed by atoms with Crippen molar-refractivity contribution in [1.82, 2.24) is 31.1 Å². The largest absolute Gasteiger partial charge is 0.379 e. The molecule has 0 aromatic carbocycles. The van der Waals surface area contributed by atoms with Crippen molar-refractivity contribution < 1.29 is 28.7 Å². The van der Waals surface area contributed by atoms with Crippen LogP contribution in [0.25, 0.3) is 0 Å². The molecule has 0 aromatic rings. The number of nitrogens with zero attached hydrogens (tertiary/aromatic N) is 2. The van der Waals surface area contributed by atoms with Gasteiger partial charge in [-0.2, -0.15) is 0 Å². The van der Waals surface area contributed by atoms with Crippen LogP contribution in [0.1, 0.15) is 99.3 Å².